The molecule has 5 nitrogen and oxygen atoms in total. The second-order valence-corrected chi connectivity index (χ2v) is 5.45. The SMILES string of the molecule is CN(C)C(=O)CCCC(=O)NCC(O)c1ccc(Cl)cc1. The maximum Gasteiger partial charge on any atom is 0.222 e. The van der Waals surface area contributed by atoms with Crippen LogP contribution in [0.25, 0.3) is 0 Å². The normalized spacial score (nSPS) is 11.8. The number of hydrogen-bond donors (Lipinski definition) is 2. The monoisotopic (exact) mass is 312 g/mol. The Kier molecular flexibility index (Phi) is 7.19. The Morgan fingerprint density at radius 2 is 1.86 bits per heavy atom. The second kappa shape index (κ2) is 8.64. The maximum atomic E-state index is 11.6. The maximum absolute atomic E-state index is 11.6. The van der Waals surface area contributed by atoms with Crippen molar-refractivity contribution in [2.24, 2.45) is 0 Å². The van der Waals surface area contributed by atoms with Gasteiger partial charge in [0.25, 0.3) is 0 Å². The lowest BCUT2D eigenvalue weighted by molar-refractivity contribution is -0.129. The van der Waals surface area contributed by atoms with Crippen LogP contribution in [0.2, 0.25) is 5.02 Å². The highest BCUT2D eigenvalue weighted by molar-refractivity contribution is 6.30. The zero-order chi connectivity index (χ0) is 15.8. The van der Waals surface area contributed by atoms with E-state index >= 15 is 0 Å². The van der Waals surface area contributed by atoms with Gasteiger partial charge in [0.05, 0.1) is 6.10 Å². The minimum atomic E-state index is -0.769. The van der Waals surface area contributed by atoms with Gasteiger partial charge in [-0.3, -0.25) is 9.59 Å². The number of aliphatic hydroxyl groups excluding tert-OH is 1. The summed E-state index contributed by atoms with van der Waals surface area (Å²) in [6.45, 7) is 0.141. The first kappa shape index (κ1) is 17.5. The van der Waals surface area contributed by atoms with E-state index in [1.807, 2.05) is 0 Å². The highest BCUT2D eigenvalue weighted by atomic mass is 35.5. The number of rotatable bonds is 7. The quantitative estimate of drug-likeness (QED) is 0.806. The van der Waals surface area contributed by atoms with E-state index in [4.69, 9.17) is 11.6 Å². The zero-order valence-electron chi connectivity index (χ0n) is 12.3. The molecule has 0 saturated carbocycles. The van der Waals surface area contributed by atoms with E-state index in [0.717, 1.165) is 0 Å². The van der Waals surface area contributed by atoms with Crippen molar-refractivity contribution in [3.05, 3.63) is 34.9 Å². The molecule has 0 aromatic heterocycles. The lowest BCUT2D eigenvalue weighted by Crippen LogP contribution is -2.28. The van der Waals surface area contributed by atoms with Crippen molar-refractivity contribution in [3.8, 4) is 0 Å². The van der Waals surface area contributed by atoms with E-state index < -0.39 is 6.10 Å². The Bertz CT molecular complexity index is 474. The van der Waals surface area contributed by atoms with Crippen LogP contribution in [0, 0.1) is 0 Å². The summed E-state index contributed by atoms with van der Waals surface area (Å²) < 4.78 is 0. The molecule has 0 spiro atoms. The molecule has 2 N–H and O–H groups in total. The first-order valence-corrected chi connectivity index (χ1v) is 7.18. The first-order chi connectivity index (χ1) is 9.90. The zero-order valence-corrected chi connectivity index (χ0v) is 13.1. The van der Waals surface area contributed by atoms with Crippen molar-refractivity contribution in [3.63, 3.8) is 0 Å². The molecule has 1 rings (SSSR count). The van der Waals surface area contributed by atoms with Gasteiger partial charge >= 0.3 is 0 Å². The van der Waals surface area contributed by atoms with Gasteiger partial charge in [-0.1, -0.05) is 23.7 Å². The molecular weight excluding hydrogens is 292 g/mol. The van der Waals surface area contributed by atoms with Crippen molar-refractivity contribution in [2.45, 2.75) is 25.4 Å². The van der Waals surface area contributed by atoms with Crippen molar-refractivity contribution in [1.82, 2.24) is 10.2 Å². The molecule has 1 aromatic rings. The third kappa shape index (κ3) is 6.60. The standard InChI is InChI=1S/C15H21ClN2O3/c1-18(2)15(21)5-3-4-14(20)17-10-13(19)11-6-8-12(16)9-7-11/h6-9,13,19H,3-5,10H2,1-2H3,(H,17,20). The number of halogens is 1. The molecule has 6 heteroatoms. The van der Waals surface area contributed by atoms with Gasteiger partial charge in [-0.15, -0.1) is 0 Å². The van der Waals surface area contributed by atoms with Crippen molar-refractivity contribution in [1.29, 1.82) is 0 Å². The molecule has 21 heavy (non-hydrogen) atoms. The molecule has 0 heterocycles. The van der Waals surface area contributed by atoms with E-state index in [-0.39, 0.29) is 24.8 Å². The number of aliphatic hydroxyl groups is 1. The van der Waals surface area contributed by atoms with Crippen molar-refractivity contribution >= 4 is 23.4 Å². The molecule has 0 aliphatic rings. The van der Waals surface area contributed by atoms with Gasteiger partial charge in [0, 0.05) is 38.5 Å². The fraction of sp³-hybridized carbons (Fsp3) is 0.467. The summed E-state index contributed by atoms with van der Waals surface area (Å²) >= 11 is 5.77. The number of amides is 2. The van der Waals surface area contributed by atoms with E-state index in [1.54, 1.807) is 38.4 Å². The lowest BCUT2D eigenvalue weighted by atomic mass is 10.1. The van der Waals surface area contributed by atoms with E-state index in [1.165, 1.54) is 4.90 Å². The predicted molar refractivity (Wildman–Crippen MR) is 82.0 cm³/mol. The molecule has 116 valence electrons. The van der Waals surface area contributed by atoms with Gasteiger partial charge in [0.1, 0.15) is 0 Å². The highest BCUT2D eigenvalue weighted by Gasteiger charge is 2.10. The number of carbonyl (C=O) groups is 2. The predicted octanol–water partition coefficient (Wildman–Crippen LogP) is 1.75. The summed E-state index contributed by atoms with van der Waals surface area (Å²) in [6, 6.07) is 6.81. The first-order valence-electron chi connectivity index (χ1n) is 6.80. The summed E-state index contributed by atoms with van der Waals surface area (Å²) in [5.74, 6) is -0.168. The average molecular weight is 313 g/mol. The van der Waals surface area contributed by atoms with E-state index in [0.29, 0.717) is 23.4 Å². The Morgan fingerprint density at radius 1 is 1.24 bits per heavy atom. The molecule has 0 radical (unpaired) electrons. The van der Waals surface area contributed by atoms with Crippen LogP contribution < -0.4 is 5.32 Å². The second-order valence-electron chi connectivity index (χ2n) is 5.01. The number of benzene rings is 1. The number of nitrogens with one attached hydrogen (secondary N) is 1. The minimum Gasteiger partial charge on any atom is -0.387 e. The van der Waals surface area contributed by atoms with Gasteiger partial charge in [-0.05, 0) is 24.1 Å². The molecule has 1 unspecified atom stereocenters. The molecule has 0 bridgehead atoms. The summed E-state index contributed by atoms with van der Waals surface area (Å²) in [5, 5.41) is 13.2. The largest absolute Gasteiger partial charge is 0.387 e. The van der Waals surface area contributed by atoms with Crippen LogP contribution in [-0.4, -0.2) is 42.5 Å². The van der Waals surface area contributed by atoms with Gasteiger partial charge in [-0.2, -0.15) is 0 Å². The van der Waals surface area contributed by atoms with Crippen LogP contribution in [0.15, 0.2) is 24.3 Å². The summed E-state index contributed by atoms with van der Waals surface area (Å²) in [4.78, 5) is 24.5. The molecule has 1 aromatic carbocycles. The van der Waals surface area contributed by atoms with Crippen LogP contribution in [0.5, 0.6) is 0 Å². The fourth-order valence-electron chi connectivity index (χ4n) is 1.73. The van der Waals surface area contributed by atoms with Crippen molar-refractivity contribution < 1.29 is 14.7 Å². The number of hydrogen-bond acceptors (Lipinski definition) is 3. The molecule has 0 saturated heterocycles. The molecule has 0 aliphatic heterocycles. The van der Waals surface area contributed by atoms with Crippen LogP contribution in [0.4, 0.5) is 0 Å². The Balaban J connectivity index is 2.26. The molecule has 0 aliphatic carbocycles. The molecule has 1 atom stereocenters. The summed E-state index contributed by atoms with van der Waals surface area (Å²) in [6.07, 6.45) is 0.349. The van der Waals surface area contributed by atoms with E-state index in [9.17, 15) is 14.7 Å². The summed E-state index contributed by atoms with van der Waals surface area (Å²) in [5.41, 5.74) is 0.697. The lowest BCUT2D eigenvalue weighted by Gasteiger charge is -2.13. The van der Waals surface area contributed by atoms with Crippen LogP contribution in [-0.2, 0) is 9.59 Å². The number of nitrogens with zero attached hydrogens (tertiary/aromatic N) is 1. The average Bonchev–Trinajstić information content (AvgIpc) is 2.45. The Morgan fingerprint density at radius 3 is 2.43 bits per heavy atom. The van der Waals surface area contributed by atoms with Crippen LogP contribution in [0.3, 0.4) is 0 Å². The highest BCUT2D eigenvalue weighted by Crippen LogP contribution is 2.15. The van der Waals surface area contributed by atoms with Crippen LogP contribution >= 0.6 is 11.6 Å². The van der Waals surface area contributed by atoms with Crippen molar-refractivity contribution in [2.75, 3.05) is 20.6 Å². The Labute approximate surface area is 129 Å². The molecule has 0 fully saturated rings. The van der Waals surface area contributed by atoms with Gasteiger partial charge in [-0.25, -0.2) is 0 Å². The molecule has 2 amide bonds. The summed E-state index contributed by atoms with van der Waals surface area (Å²) in [7, 11) is 3.37. The third-order valence-corrected chi connectivity index (χ3v) is 3.29. The van der Waals surface area contributed by atoms with Gasteiger partial charge in [0.15, 0.2) is 0 Å². The van der Waals surface area contributed by atoms with Gasteiger partial charge in [0.2, 0.25) is 11.8 Å². The van der Waals surface area contributed by atoms with Crippen LogP contribution in [0.1, 0.15) is 30.9 Å². The fourth-order valence-corrected chi connectivity index (χ4v) is 1.85. The smallest absolute Gasteiger partial charge is 0.222 e. The van der Waals surface area contributed by atoms with E-state index in [2.05, 4.69) is 5.32 Å². The minimum absolute atomic E-state index is 0.00370. The number of carbonyl (C=O) groups excluding carboxylic acids is 2. The Hall–Kier alpha value is -1.59. The molecular formula is C15H21ClN2O3. The van der Waals surface area contributed by atoms with Gasteiger partial charge < -0.3 is 15.3 Å². The third-order valence-electron chi connectivity index (χ3n) is 3.04. The topological polar surface area (TPSA) is 69.6 Å².